The summed E-state index contributed by atoms with van der Waals surface area (Å²) in [6.45, 7) is 3.48. The molecule has 0 fully saturated rings. The second-order valence-corrected chi connectivity index (χ2v) is 7.35. The number of rotatable bonds is 7. The number of carbonyl (C=O) groups excluding carboxylic acids is 1. The highest BCUT2D eigenvalue weighted by Gasteiger charge is 2.22. The molecular weight excluding hydrogens is 308 g/mol. The second kappa shape index (κ2) is 6.89. The van der Waals surface area contributed by atoms with Crippen molar-refractivity contribution < 1.29 is 23.1 Å². The maximum Gasteiger partial charge on any atom is 0.303 e. The van der Waals surface area contributed by atoms with Crippen LogP contribution < -0.4 is 10.5 Å². The smallest absolute Gasteiger partial charge is 0.303 e. The third kappa shape index (κ3) is 6.68. The molecule has 0 saturated heterocycles. The lowest BCUT2D eigenvalue weighted by molar-refractivity contribution is -0.137. The molecule has 0 bridgehead atoms. The highest BCUT2D eigenvalue weighted by atomic mass is 32.2. The summed E-state index contributed by atoms with van der Waals surface area (Å²) >= 11 is 0. The van der Waals surface area contributed by atoms with E-state index >= 15 is 0 Å². The number of nitrogens with two attached hydrogens (primary N) is 1. The topological polar surface area (TPSA) is 127 Å². The number of sulfonamides is 1. The summed E-state index contributed by atoms with van der Waals surface area (Å²) in [6.07, 6.45) is 0.262. The van der Waals surface area contributed by atoms with Crippen molar-refractivity contribution in [1.82, 2.24) is 5.32 Å². The Bertz CT molecular complexity index is 650. The van der Waals surface area contributed by atoms with Crippen LogP contribution in [0, 0.1) is 0 Å². The van der Waals surface area contributed by atoms with Gasteiger partial charge in [-0.2, -0.15) is 0 Å². The van der Waals surface area contributed by atoms with Gasteiger partial charge in [0.05, 0.1) is 5.75 Å². The Morgan fingerprint density at radius 1 is 1.23 bits per heavy atom. The first-order chi connectivity index (χ1) is 9.98. The first kappa shape index (κ1) is 18.1. The number of nitrogens with one attached hydrogen (secondary N) is 1. The van der Waals surface area contributed by atoms with Crippen LogP contribution in [0.15, 0.2) is 24.3 Å². The summed E-state index contributed by atoms with van der Waals surface area (Å²) in [7, 11) is -3.61. The highest BCUT2D eigenvalue weighted by molar-refractivity contribution is 7.88. The predicted octanol–water partition coefficient (Wildman–Crippen LogP) is 0.848. The summed E-state index contributed by atoms with van der Waals surface area (Å²) in [6, 6.07) is 6.04. The van der Waals surface area contributed by atoms with Crippen LogP contribution in [0.1, 0.15) is 42.6 Å². The van der Waals surface area contributed by atoms with E-state index in [2.05, 4.69) is 5.32 Å². The number of aliphatic carboxylic acids is 1. The Morgan fingerprint density at radius 2 is 1.77 bits per heavy atom. The SMILES string of the molecule is CC(C)(CCC(=O)O)NC(=O)c1ccc(CS(N)(=O)=O)cc1. The first-order valence-corrected chi connectivity index (χ1v) is 8.34. The average molecular weight is 328 g/mol. The van der Waals surface area contributed by atoms with Crippen molar-refractivity contribution in [2.75, 3.05) is 0 Å². The molecule has 1 rings (SSSR count). The molecule has 0 unspecified atom stereocenters. The van der Waals surface area contributed by atoms with Gasteiger partial charge in [-0.3, -0.25) is 9.59 Å². The second-order valence-electron chi connectivity index (χ2n) is 5.74. The van der Waals surface area contributed by atoms with E-state index in [1.54, 1.807) is 13.8 Å². The van der Waals surface area contributed by atoms with E-state index in [1.165, 1.54) is 24.3 Å². The van der Waals surface area contributed by atoms with E-state index in [4.69, 9.17) is 10.2 Å². The molecule has 0 aliphatic carbocycles. The number of benzene rings is 1. The molecule has 0 heterocycles. The van der Waals surface area contributed by atoms with Crippen LogP contribution in [0.25, 0.3) is 0 Å². The normalized spacial score (nSPS) is 12.0. The third-order valence-electron chi connectivity index (χ3n) is 3.00. The van der Waals surface area contributed by atoms with Crippen LogP contribution in [0.4, 0.5) is 0 Å². The molecule has 0 aromatic heterocycles. The van der Waals surface area contributed by atoms with Gasteiger partial charge in [0.15, 0.2) is 0 Å². The Kier molecular flexibility index (Phi) is 5.67. The van der Waals surface area contributed by atoms with Crippen LogP contribution in [0.3, 0.4) is 0 Å². The van der Waals surface area contributed by atoms with Crippen molar-refractivity contribution in [3.63, 3.8) is 0 Å². The lowest BCUT2D eigenvalue weighted by atomic mass is 9.97. The minimum atomic E-state index is -3.61. The van der Waals surface area contributed by atoms with Gasteiger partial charge < -0.3 is 10.4 Å². The molecule has 22 heavy (non-hydrogen) atoms. The number of carbonyl (C=O) groups is 2. The zero-order valence-electron chi connectivity index (χ0n) is 12.5. The summed E-state index contributed by atoms with van der Waals surface area (Å²) in [4.78, 5) is 22.7. The van der Waals surface area contributed by atoms with Gasteiger partial charge in [-0.05, 0) is 38.0 Å². The molecule has 0 radical (unpaired) electrons. The fourth-order valence-corrected chi connectivity index (χ4v) is 2.50. The van der Waals surface area contributed by atoms with Crippen molar-refractivity contribution in [1.29, 1.82) is 0 Å². The Labute approximate surface area is 129 Å². The summed E-state index contributed by atoms with van der Waals surface area (Å²) in [5.74, 6) is -1.56. The molecule has 1 aromatic rings. The number of hydrogen-bond donors (Lipinski definition) is 3. The van der Waals surface area contributed by atoms with E-state index in [-0.39, 0.29) is 18.1 Å². The molecule has 1 amide bonds. The van der Waals surface area contributed by atoms with Gasteiger partial charge in [0.25, 0.3) is 5.91 Å². The predicted molar refractivity (Wildman–Crippen MR) is 81.7 cm³/mol. The Hall–Kier alpha value is -1.93. The number of carboxylic acid groups (broad SMARTS) is 1. The lowest BCUT2D eigenvalue weighted by Gasteiger charge is -2.25. The van der Waals surface area contributed by atoms with Gasteiger partial charge in [0.2, 0.25) is 10.0 Å². The monoisotopic (exact) mass is 328 g/mol. The minimum Gasteiger partial charge on any atom is -0.481 e. The Balaban J connectivity index is 2.71. The largest absolute Gasteiger partial charge is 0.481 e. The van der Waals surface area contributed by atoms with Crippen molar-refractivity contribution in [3.05, 3.63) is 35.4 Å². The average Bonchev–Trinajstić information content (AvgIpc) is 2.35. The van der Waals surface area contributed by atoms with Gasteiger partial charge in [-0.15, -0.1) is 0 Å². The van der Waals surface area contributed by atoms with E-state index in [0.29, 0.717) is 17.5 Å². The summed E-state index contributed by atoms with van der Waals surface area (Å²) < 4.78 is 22.0. The number of carboxylic acids is 1. The van der Waals surface area contributed by atoms with Crippen LogP contribution >= 0.6 is 0 Å². The zero-order chi connectivity index (χ0) is 17.0. The highest BCUT2D eigenvalue weighted by Crippen LogP contribution is 2.13. The lowest BCUT2D eigenvalue weighted by Crippen LogP contribution is -2.43. The molecular formula is C14H20N2O5S. The maximum absolute atomic E-state index is 12.1. The van der Waals surface area contributed by atoms with Crippen molar-refractivity contribution >= 4 is 21.9 Å². The van der Waals surface area contributed by atoms with Gasteiger partial charge in [-0.1, -0.05) is 12.1 Å². The van der Waals surface area contributed by atoms with E-state index in [1.807, 2.05) is 0 Å². The molecule has 1 aromatic carbocycles. The minimum absolute atomic E-state index is 0.0411. The van der Waals surface area contributed by atoms with Crippen molar-refractivity contribution in [3.8, 4) is 0 Å². The van der Waals surface area contributed by atoms with Crippen LogP contribution in [-0.2, 0) is 20.6 Å². The van der Waals surface area contributed by atoms with Gasteiger partial charge in [-0.25, -0.2) is 13.6 Å². The zero-order valence-corrected chi connectivity index (χ0v) is 13.3. The van der Waals surface area contributed by atoms with E-state index < -0.39 is 21.5 Å². The molecule has 7 nitrogen and oxygen atoms in total. The van der Waals surface area contributed by atoms with Gasteiger partial charge in [0, 0.05) is 17.5 Å². The summed E-state index contributed by atoms with van der Waals surface area (Å²) in [5.41, 5.74) is 0.195. The first-order valence-electron chi connectivity index (χ1n) is 6.62. The molecule has 0 atom stereocenters. The van der Waals surface area contributed by atoms with Crippen molar-refractivity contribution in [2.45, 2.75) is 38.0 Å². The molecule has 8 heteroatoms. The van der Waals surface area contributed by atoms with Gasteiger partial charge in [0.1, 0.15) is 0 Å². The number of hydrogen-bond acceptors (Lipinski definition) is 4. The fourth-order valence-electron chi connectivity index (χ4n) is 1.85. The molecule has 0 saturated carbocycles. The molecule has 0 spiro atoms. The number of amides is 1. The maximum atomic E-state index is 12.1. The standard InChI is InChI=1S/C14H20N2O5S/c1-14(2,8-7-12(17)18)16-13(19)11-5-3-10(4-6-11)9-22(15,20)21/h3-6H,7-9H2,1-2H3,(H,16,19)(H,17,18)(H2,15,20,21). The fraction of sp³-hybridized carbons (Fsp3) is 0.429. The van der Waals surface area contributed by atoms with Crippen molar-refractivity contribution in [2.24, 2.45) is 5.14 Å². The van der Waals surface area contributed by atoms with E-state index in [9.17, 15) is 18.0 Å². The van der Waals surface area contributed by atoms with Gasteiger partial charge >= 0.3 is 5.97 Å². The Morgan fingerprint density at radius 3 is 2.23 bits per heavy atom. The van der Waals surface area contributed by atoms with Crippen LogP contribution in [-0.4, -0.2) is 30.9 Å². The molecule has 0 aliphatic rings. The quantitative estimate of drug-likeness (QED) is 0.684. The molecule has 122 valence electrons. The molecule has 4 N–H and O–H groups in total. The molecule has 0 aliphatic heterocycles. The van der Waals surface area contributed by atoms with Crippen LogP contribution in [0.5, 0.6) is 0 Å². The third-order valence-corrected chi connectivity index (χ3v) is 3.74. The van der Waals surface area contributed by atoms with Crippen LogP contribution in [0.2, 0.25) is 0 Å². The number of primary sulfonamides is 1. The van der Waals surface area contributed by atoms with E-state index in [0.717, 1.165) is 0 Å². The summed E-state index contributed by atoms with van der Waals surface area (Å²) in [5, 5.41) is 16.4.